The van der Waals surface area contributed by atoms with Crippen molar-refractivity contribution in [2.45, 2.75) is 31.7 Å². The Bertz CT molecular complexity index is 928. The van der Waals surface area contributed by atoms with E-state index in [2.05, 4.69) is 4.98 Å². The van der Waals surface area contributed by atoms with Gasteiger partial charge in [0, 0.05) is 43.0 Å². The highest BCUT2D eigenvalue weighted by molar-refractivity contribution is 7.13. The molecule has 7 nitrogen and oxygen atoms in total. The van der Waals surface area contributed by atoms with Crippen LogP contribution in [-0.4, -0.2) is 59.1 Å². The number of carbonyl (C=O) groups is 2. The Morgan fingerprint density at radius 2 is 2.07 bits per heavy atom. The lowest BCUT2D eigenvalue weighted by atomic mass is 10.0. The summed E-state index contributed by atoms with van der Waals surface area (Å²) in [5.74, 6) is 1.60. The minimum atomic E-state index is -0.0559. The van der Waals surface area contributed by atoms with Crippen molar-refractivity contribution in [3.05, 3.63) is 29.3 Å². The van der Waals surface area contributed by atoms with Crippen LogP contribution >= 0.6 is 11.3 Å². The van der Waals surface area contributed by atoms with E-state index in [0.29, 0.717) is 31.0 Å². The molecule has 2 fully saturated rings. The number of carbonyl (C=O) groups excluding carboxylic acids is 2. The third kappa shape index (κ3) is 3.11. The predicted octanol–water partition coefficient (Wildman–Crippen LogP) is 2.77. The number of fused-ring (bicyclic) bond motifs is 1. The maximum absolute atomic E-state index is 13.0. The molecule has 0 N–H and O–H groups in total. The smallest absolute Gasteiger partial charge is 0.273 e. The van der Waals surface area contributed by atoms with Gasteiger partial charge in [-0.3, -0.25) is 9.59 Å². The van der Waals surface area contributed by atoms with E-state index in [4.69, 9.17) is 9.47 Å². The Kier molecular flexibility index (Phi) is 4.43. The summed E-state index contributed by atoms with van der Waals surface area (Å²) in [4.78, 5) is 33.4. The molecule has 3 aliphatic heterocycles. The minimum Gasteiger partial charge on any atom is -0.454 e. The normalized spacial score (nSPS) is 21.4. The van der Waals surface area contributed by atoms with Crippen molar-refractivity contribution in [3.8, 4) is 22.1 Å². The summed E-state index contributed by atoms with van der Waals surface area (Å²) in [5, 5.41) is 2.59. The van der Waals surface area contributed by atoms with E-state index in [1.807, 2.05) is 33.4 Å². The van der Waals surface area contributed by atoms with Gasteiger partial charge in [0.25, 0.3) is 5.91 Å². The molecule has 5 rings (SSSR count). The zero-order valence-corrected chi connectivity index (χ0v) is 16.2. The number of likely N-dealkylation sites (tertiary alicyclic amines) is 2. The molecule has 4 heterocycles. The molecular formula is C20H21N3O4S. The van der Waals surface area contributed by atoms with E-state index < -0.39 is 0 Å². The first-order valence-electron chi connectivity index (χ1n) is 9.63. The van der Waals surface area contributed by atoms with Gasteiger partial charge in [-0.1, -0.05) is 0 Å². The van der Waals surface area contributed by atoms with Gasteiger partial charge in [-0.05, 0) is 37.5 Å². The second kappa shape index (κ2) is 7.09. The van der Waals surface area contributed by atoms with Crippen LogP contribution in [0.15, 0.2) is 23.6 Å². The highest BCUT2D eigenvalue weighted by Gasteiger charge is 2.33. The van der Waals surface area contributed by atoms with Crippen molar-refractivity contribution < 1.29 is 19.1 Å². The average Bonchev–Trinajstić information content (AvgIpc) is 3.47. The Hall–Kier alpha value is -2.61. The molecule has 0 bridgehead atoms. The molecule has 1 unspecified atom stereocenters. The third-order valence-corrected chi connectivity index (χ3v) is 6.47. The molecule has 0 spiro atoms. The maximum atomic E-state index is 13.0. The Balaban J connectivity index is 1.31. The van der Waals surface area contributed by atoms with Gasteiger partial charge in [-0.25, -0.2) is 4.98 Å². The number of hydrogen-bond acceptors (Lipinski definition) is 6. The van der Waals surface area contributed by atoms with Crippen molar-refractivity contribution in [2.75, 3.05) is 26.4 Å². The van der Waals surface area contributed by atoms with E-state index in [0.717, 1.165) is 42.1 Å². The Morgan fingerprint density at radius 3 is 2.93 bits per heavy atom. The van der Waals surface area contributed by atoms with Crippen LogP contribution in [0.1, 0.15) is 36.2 Å². The molecular weight excluding hydrogens is 378 g/mol. The Labute approximate surface area is 166 Å². The standard InChI is InChI=1S/C20H21N3O4S/c24-18-4-2-8-23(18)14-3-1-7-22(10-14)20(25)15-11-28-19(21-15)13-5-6-16-17(9-13)27-12-26-16/h5-6,9,11,14H,1-4,7-8,10,12H2. The molecule has 8 heteroatoms. The van der Waals surface area contributed by atoms with Crippen molar-refractivity contribution in [3.63, 3.8) is 0 Å². The van der Waals surface area contributed by atoms with Gasteiger partial charge in [-0.15, -0.1) is 11.3 Å². The van der Waals surface area contributed by atoms with Gasteiger partial charge < -0.3 is 19.3 Å². The number of piperidine rings is 1. The van der Waals surface area contributed by atoms with Gasteiger partial charge in [0.15, 0.2) is 11.5 Å². The highest BCUT2D eigenvalue weighted by atomic mass is 32.1. The van der Waals surface area contributed by atoms with Crippen LogP contribution in [0.2, 0.25) is 0 Å². The Morgan fingerprint density at radius 1 is 1.18 bits per heavy atom. The van der Waals surface area contributed by atoms with Crippen molar-refractivity contribution in [2.24, 2.45) is 0 Å². The first kappa shape index (κ1) is 17.5. The fourth-order valence-corrected chi connectivity index (χ4v) is 4.94. The van der Waals surface area contributed by atoms with E-state index in [9.17, 15) is 9.59 Å². The molecule has 0 aliphatic carbocycles. The molecule has 28 heavy (non-hydrogen) atoms. The fourth-order valence-electron chi connectivity index (χ4n) is 4.14. The van der Waals surface area contributed by atoms with Crippen LogP contribution in [0.25, 0.3) is 10.6 Å². The van der Waals surface area contributed by atoms with Crippen LogP contribution in [0.5, 0.6) is 11.5 Å². The number of ether oxygens (including phenoxy) is 2. The third-order valence-electron chi connectivity index (χ3n) is 5.58. The van der Waals surface area contributed by atoms with Crippen molar-refractivity contribution in [1.29, 1.82) is 0 Å². The van der Waals surface area contributed by atoms with Crippen LogP contribution in [0.4, 0.5) is 0 Å². The molecule has 2 amide bonds. The zero-order valence-electron chi connectivity index (χ0n) is 15.4. The lowest BCUT2D eigenvalue weighted by Crippen LogP contribution is -2.50. The zero-order chi connectivity index (χ0) is 19.1. The van der Waals surface area contributed by atoms with Crippen molar-refractivity contribution in [1.82, 2.24) is 14.8 Å². The second-order valence-corrected chi connectivity index (χ2v) is 8.20. The molecule has 1 atom stereocenters. The van der Waals surface area contributed by atoms with E-state index in [1.165, 1.54) is 11.3 Å². The minimum absolute atomic E-state index is 0.0559. The van der Waals surface area contributed by atoms with Crippen LogP contribution in [0.3, 0.4) is 0 Å². The number of aromatic nitrogens is 1. The van der Waals surface area contributed by atoms with Gasteiger partial charge in [0.2, 0.25) is 12.7 Å². The molecule has 2 aromatic rings. The van der Waals surface area contributed by atoms with Gasteiger partial charge in [0.1, 0.15) is 10.7 Å². The van der Waals surface area contributed by atoms with Gasteiger partial charge in [0.05, 0.1) is 0 Å². The first-order valence-corrected chi connectivity index (χ1v) is 10.5. The predicted molar refractivity (Wildman–Crippen MR) is 104 cm³/mol. The van der Waals surface area contributed by atoms with E-state index >= 15 is 0 Å². The summed E-state index contributed by atoms with van der Waals surface area (Å²) in [6, 6.07) is 5.82. The first-order chi connectivity index (χ1) is 13.7. The number of nitrogens with zero attached hydrogens (tertiary/aromatic N) is 3. The topological polar surface area (TPSA) is 72.0 Å². The summed E-state index contributed by atoms with van der Waals surface area (Å²) in [7, 11) is 0. The maximum Gasteiger partial charge on any atom is 0.273 e. The largest absolute Gasteiger partial charge is 0.454 e. The number of hydrogen-bond donors (Lipinski definition) is 0. The molecule has 146 valence electrons. The molecule has 1 aromatic carbocycles. The van der Waals surface area contributed by atoms with Crippen LogP contribution < -0.4 is 9.47 Å². The molecule has 0 radical (unpaired) electrons. The van der Waals surface area contributed by atoms with Gasteiger partial charge in [-0.2, -0.15) is 0 Å². The van der Waals surface area contributed by atoms with E-state index in [1.54, 1.807) is 0 Å². The highest BCUT2D eigenvalue weighted by Crippen LogP contribution is 2.36. The monoisotopic (exact) mass is 399 g/mol. The lowest BCUT2D eigenvalue weighted by Gasteiger charge is -2.37. The van der Waals surface area contributed by atoms with E-state index in [-0.39, 0.29) is 24.6 Å². The summed E-state index contributed by atoms with van der Waals surface area (Å²) >= 11 is 1.45. The second-order valence-electron chi connectivity index (χ2n) is 7.34. The summed E-state index contributed by atoms with van der Waals surface area (Å²) < 4.78 is 10.8. The molecule has 3 aliphatic rings. The van der Waals surface area contributed by atoms with Crippen molar-refractivity contribution >= 4 is 23.2 Å². The quantitative estimate of drug-likeness (QED) is 0.794. The molecule has 1 aromatic heterocycles. The number of benzene rings is 1. The number of amides is 2. The van der Waals surface area contributed by atoms with Crippen LogP contribution in [-0.2, 0) is 4.79 Å². The molecule has 0 saturated carbocycles. The lowest BCUT2D eigenvalue weighted by molar-refractivity contribution is -0.130. The number of rotatable bonds is 3. The van der Waals surface area contributed by atoms with Crippen LogP contribution in [0, 0.1) is 0 Å². The fraction of sp³-hybridized carbons (Fsp3) is 0.450. The van der Waals surface area contributed by atoms with Gasteiger partial charge >= 0.3 is 0 Å². The molecule has 2 saturated heterocycles. The summed E-state index contributed by atoms with van der Waals surface area (Å²) in [6.07, 6.45) is 3.44. The number of thiazole rings is 1. The SMILES string of the molecule is O=C(c1csc(-c2ccc3c(c2)OCO3)n1)N1CCCC(N2CCCC2=O)C1. The average molecular weight is 399 g/mol. The summed E-state index contributed by atoms with van der Waals surface area (Å²) in [6.45, 7) is 2.36. The summed E-state index contributed by atoms with van der Waals surface area (Å²) in [5.41, 5.74) is 1.37.